The molecule has 5 nitrogen and oxygen atoms in total. The Kier molecular flexibility index (Phi) is 4.34. The van der Waals surface area contributed by atoms with E-state index in [1.807, 2.05) is 0 Å². The molecular formula is C15H8BrF3N4O. The van der Waals surface area contributed by atoms with E-state index in [0.717, 1.165) is 0 Å². The fourth-order valence-corrected chi connectivity index (χ4v) is 2.26. The number of carbonyl (C=O) groups is 1. The summed E-state index contributed by atoms with van der Waals surface area (Å²) in [5.74, 6) is -5.02. The molecule has 0 atom stereocenters. The molecule has 1 N–H and O–H groups in total. The highest BCUT2D eigenvalue weighted by Gasteiger charge is 2.17. The molecule has 0 spiro atoms. The molecule has 3 rings (SSSR count). The largest absolute Gasteiger partial charge is 0.319 e. The van der Waals surface area contributed by atoms with E-state index in [1.165, 1.54) is 17.1 Å². The number of carbonyl (C=O) groups excluding carboxylic acids is 1. The predicted molar refractivity (Wildman–Crippen MR) is 83.3 cm³/mol. The molecular weight excluding hydrogens is 389 g/mol. The van der Waals surface area contributed by atoms with Gasteiger partial charge in [-0.2, -0.15) is 5.10 Å². The molecule has 0 radical (unpaired) electrons. The first-order valence-electron chi connectivity index (χ1n) is 6.57. The van der Waals surface area contributed by atoms with Crippen molar-refractivity contribution in [2.75, 3.05) is 5.32 Å². The van der Waals surface area contributed by atoms with E-state index in [0.29, 0.717) is 22.4 Å². The van der Waals surface area contributed by atoms with E-state index in [-0.39, 0.29) is 11.3 Å². The Labute approximate surface area is 142 Å². The molecule has 24 heavy (non-hydrogen) atoms. The zero-order valence-electron chi connectivity index (χ0n) is 11.8. The third kappa shape index (κ3) is 3.16. The topological polar surface area (TPSA) is 59.8 Å². The Hall–Kier alpha value is -2.68. The second-order valence-corrected chi connectivity index (χ2v) is 5.60. The predicted octanol–water partition coefficient (Wildman–Crippen LogP) is 3.70. The zero-order valence-corrected chi connectivity index (χ0v) is 13.4. The van der Waals surface area contributed by atoms with Gasteiger partial charge in [-0.3, -0.25) is 4.79 Å². The molecule has 0 aliphatic heterocycles. The highest BCUT2D eigenvalue weighted by molar-refractivity contribution is 9.10. The molecule has 9 heteroatoms. The summed E-state index contributed by atoms with van der Waals surface area (Å²) < 4.78 is 41.6. The second-order valence-electron chi connectivity index (χ2n) is 4.69. The van der Waals surface area contributed by atoms with Crippen LogP contribution < -0.4 is 5.32 Å². The zero-order chi connectivity index (χ0) is 17.3. The first-order valence-corrected chi connectivity index (χ1v) is 7.36. The number of hydrogen-bond acceptors (Lipinski definition) is 3. The van der Waals surface area contributed by atoms with Gasteiger partial charge in [-0.15, -0.1) is 0 Å². The Morgan fingerprint density at radius 1 is 1.21 bits per heavy atom. The number of aromatic nitrogens is 3. The minimum absolute atomic E-state index is 0.267. The lowest BCUT2D eigenvalue weighted by Gasteiger charge is -2.10. The van der Waals surface area contributed by atoms with Gasteiger partial charge in [-0.25, -0.2) is 22.8 Å². The van der Waals surface area contributed by atoms with Crippen LogP contribution in [0.15, 0.2) is 47.3 Å². The van der Waals surface area contributed by atoms with Crippen molar-refractivity contribution in [3.8, 4) is 5.82 Å². The van der Waals surface area contributed by atoms with Gasteiger partial charge in [0.25, 0.3) is 5.91 Å². The van der Waals surface area contributed by atoms with Crippen LogP contribution in [0.5, 0.6) is 0 Å². The quantitative estimate of drug-likeness (QED) is 0.686. The SMILES string of the molecule is O=C(Nc1cccnc1-n1cc(Br)cn1)c1cc(F)c(F)c(F)c1. The van der Waals surface area contributed by atoms with E-state index in [2.05, 4.69) is 31.3 Å². The van der Waals surface area contributed by atoms with Crippen LogP contribution in [0.1, 0.15) is 10.4 Å². The monoisotopic (exact) mass is 396 g/mol. The van der Waals surface area contributed by atoms with Crippen molar-refractivity contribution in [1.29, 1.82) is 0 Å². The summed E-state index contributed by atoms with van der Waals surface area (Å²) >= 11 is 3.25. The molecule has 0 unspecified atom stereocenters. The van der Waals surface area contributed by atoms with Gasteiger partial charge >= 0.3 is 0 Å². The molecule has 2 heterocycles. The summed E-state index contributed by atoms with van der Waals surface area (Å²) in [5.41, 5.74) is -0.0916. The molecule has 0 aliphatic rings. The van der Waals surface area contributed by atoms with E-state index >= 15 is 0 Å². The van der Waals surface area contributed by atoms with Crippen molar-refractivity contribution >= 4 is 27.5 Å². The van der Waals surface area contributed by atoms with Crippen LogP contribution in [0.4, 0.5) is 18.9 Å². The van der Waals surface area contributed by atoms with Crippen molar-refractivity contribution in [2.24, 2.45) is 0 Å². The lowest BCUT2D eigenvalue weighted by molar-refractivity contribution is 0.102. The number of nitrogens with zero attached hydrogens (tertiary/aromatic N) is 3. The average Bonchev–Trinajstić information content (AvgIpc) is 2.99. The fourth-order valence-electron chi connectivity index (χ4n) is 1.97. The number of pyridine rings is 1. The maximum absolute atomic E-state index is 13.3. The third-order valence-electron chi connectivity index (χ3n) is 3.05. The van der Waals surface area contributed by atoms with Gasteiger partial charge in [-0.05, 0) is 40.2 Å². The Morgan fingerprint density at radius 2 is 1.92 bits per heavy atom. The highest BCUT2D eigenvalue weighted by Crippen LogP contribution is 2.20. The minimum Gasteiger partial charge on any atom is -0.319 e. The lowest BCUT2D eigenvalue weighted by atomic mass is 10.2. The van der Waals surface area contributed by atoms with Crippen molar-refractivity contribution in [3.63, 3.8) is 0 Å². The minimum atomic E-state index is -1.63. The lowest BCUT2D eigenvalue weighted by Crippen LogP contribution is -2.15. The van der Waals surface area contributed by atoms with Crippen LogP contribution in [-0.4, -0.2) is 20.7 Å². The molecule has 2 aromatic heterocycles. The molecule has 1 aromatic carbocycles. The van der Waals surface area contributed by atoms with Crippen LogP contribution in [0.2, 0.25) is 0 Å². The van der Waals surface area contributed by atoms with Crippen molar-refractivity contribution in [1.82, 2.24) is 14.8 Å². The van der Waals surface area contributed by atoms with Gasteiger partial charge in [0.2, 0.25) is 0 Å². The molecule has 1 amide bonds. The molecule has 0 bridgehead atoms. The van der Waals surface area contributed by atoms with Gasteiger partial charge in [0.1, 0.15) is 0 Å². The number of nitrogens with one attached hydrogen (secondary N) is 1. The smallest absolute Gasteiger partial charge is 0.255 e. The molecule has 0 fully saturated rings. The van der Waals surface area contributed by atoms with Crippen LogP contribution in [0.25, 0.3) is 5.82 Å². The van der Waals surface area contributed by atoms with E-state index in [4.69, 9.17) is 0 Å². The summed E-state index contributed by atoms with van der Waals surface area (Å²) in [6.07, 6.45) is 4.65. The maximum atomic E-state index is 13.3. The van der Waals surface area contributed by atoms with Crippen molar-refractivity contribution < 1.29 is 18.0 Å². The first kappa shape index (κ1) is 16.2. The van der Waals surface area contributed by atoms with Crippen molar-refractivity contribution in [3.05, 3.63) is 70.3 Å². The summed E-state index contributed by atoms with van der Waals surface area (Å²) in [4.78, 5) is 16.3. The normalized spacial score (nSPS) is 10.7. The number of benzene rings is 1. The summed E-state index contributed by atoms with van der Waals surface area (Å²) in [7, 11) is 0. The van der Waals surface area contributed by atoms with Crippen LogP contribution in [0.3, 0.4) is 0 Å². The second kappa shape index (κ2) is 6.44. The first-order chi connectivity index (χ1) is 11.5. The maximum Gasteiger partial charge on any atom is 0.255 e. The number of anilines is 1. The van der Waals surface area contributed by atoms with E-state index in [1.54, 1.807) is 18.3 Å². The van der Waals surface area contributed by atoms with Gasteiger partial charge in [-0.1, -0.05) is 0 Å². The van der Waals surface area contributed by atoms with Gasteiger partial charge in [0.15, 0.2) is 23.3 Å². The molecule has 0 saturated heterocycles. The Morgan fingerprint density at radius 3 is 2.54 bits per heavy atom. The van der Waals surface area contributed by atoms with Crippen LogP contribution in [-0.2, 0) is 0 Å². The van der Waals surface area contributed by atoms with Gasteiger partial charge < -0.3 is 5.32 Å². The summed E-state index contributed by atoms with van der Waals surface area (Å²) in [5, 5.41) is 6.53. The van der Waals surface area contributed by atoms with E-state index in [9.17, 15) is 18.0 Å². The highest BCUT2D eigenvalue weighted by atomic mass is 79.9. The third-order valence-corrected chi connectivity index (χ3v) is 3.46. The van der Waals surface area contributed by atoms with E-state index < -0.39 is 23.4 Å². The molecule has 3 aromatic rings. The number of amides is 1. The Bertz CT molecular complexity index is 906. The number of halogens is 4. The van der Waals surface area contributed by atoms with Gasteiger partial charge in [0.05, 0.1) is 16.4 Å². The summed E-state index contributed by atoms with van der Waals surface area (Å²) in [6, 6.07) is 4.36. The molecule has 122 valence electrons. The summed E-state index contributed by atoms with van der Waals surface area (Å²) in [6.45, 7) is 0. The average molecular weight is 397 g/mol. The van der Waals surface area contributed by atoms with Crippen LogP contribution >= 0.6 is 15.9 Å². The van der Waals surface area contributed by atoms with Gasteiger partial charge in [0, 0.05) is 18.0 Å². The molecule has 0 saturated carbocycles. The van der Waals surface area contributed by atoms with Crippen LogP contribution in [0, 0.1) is 17.5 Å². The van der Waals surface area contributed by atoms with Crippen molar-refractivity contribution in [2.45, 2.75) is 0 Å². The fraction of sp³-hybridized carbons (Fsp3) is 0. The number of hydrogen-bond donors (Lipinski definition) is 1. The Balaban J connectivity index is 1.93. The number of rotatable bonds is 3. The molecule has 0 aliphatic carbocycles. The standard InChI is InChI=1S/C15H8BrF3N4O/c16-9-6-21-23(7-9)14-12(2-1-3-20-14)22-15(24)8-4-10(17)13(19)11(18)5-8/h1-7H,(H,22,24).